The zero-order chi connectivity index (χ0) is 12.4. The van der Waals surface area contributed by atoms with Crippen LogP contribution in [-0.2, 0) is 14.3 Å². The average molecular weight is 231 g/mol. The SMILES string of the molecule is CCCC[C@H](N)C(=O)OCCOCC(C)C. The molecular formula is C12H25NO3. The van der Waals surface area contributed by atoms with E-state index in [9.17, 15) is 4.79 Å². The van der Waals surface area contributed by atoms with Crippen LogP contribution >= 0.6 is 0 Å². The van der Waals surface area contributed by atoms with Crippen LogP contribution in [0.15, 0.2) is 0 Å². The highest BCUT2D eigenvalue weighted by atomic mass is 16.6. The van der Waals surface area contributed by atoms with E-state index in [2.05, 4.69) is 20.8 Å². The van der Waals surface area contributed by atoms with Crippen LogP contribution in [0, 0.1) is 5.92 Å². The van der Waals surface area contributed by atoms with Crippen molar-refractivity contribution in [2.75, 3.05) is 19.8 Å². The van der Waals surface area contributed by atoms with E-state index in [0.717, 1.165) is 12.8 Å². The molecule has 1 atom stereocenters. The fraction of sp³-hybridized carbons (Fsp3) is 0.917. The summed E-state index contributed by atoms with van der Waals surface area (Å²) in [7, 11) is 0. The first-order valence-electron chi connectivity index (χ1n) is 6.07. The summed E-state index contributed by atoms with van der Waals surface area (Å²) in [5.74, 6) is 0.184. The van der Waals surface area contributed by atoms with Crippen molar-refractivity contribution in [1.82, 2.24) is 0 Å². The van der Waals surface area contributed by atoms with Gasteiger partial charge in [-0.05, 0) is 12.3 Å². The van der Waals surface area contributed by atoms with Crippen LogP contribution in [-0.4, -0.2) is 31.8 Å². The molecule has 0 radical (unpaired) electrons. The number of ether oxygens (including phenoxy) is 2. The number of carbonyl (C=O) groups is 1. The molecule has 0 saturated heterocycles. The van der Waals surface area contributed by atoms with E-state index >= 15 is 0 Å². The minimum absolute atomic E-state index is 0.297. The number of nitrogens with two attached hydrogens (primary N) is 1. The summed E-state index contributed by atoms with van der Waals surface area (Å²) < 4.78 is 10.3. The molecule has 4 nitrogen and oxygen atoms in total. The normalized spacial score (nSPS) is 12.8. The van der Waals surface area contributed by atoms with Gasteiger partial charge in [-0.2, -0.15) is 0 Å². The number of hydrogen-bond acceptors (Lipinski definition) is 4. The molecule has 0 aliphatic heterocycles. The topological polar surface area (TPSA) is 61.6 Å². The zero-order valence-corrected chi connectivity index (χ0v) is 10.7. The fourth-order valence-corrected chi connectivity index (χ4v) is 1.17. The van der Waals surface area contributed by atoms with Gasteiger partial charge in [0.05, 0.1) is 6.61 Å². The third kappa shape index (κ3) is 8.68. The number of rotatable bonds is 9. The van der Waals surface area contributed by atoms with Crippen LogP contribution in [0.3, 0.4) is 0 Å². The summed E-state index contributed by atoms with van der Waals surface area (Å²) in [6, 6.07) is -0.481. The van der Waals surface area contributed by atoms with Crippen LogP contribution in [0.5, 0.6) is 0 Å². The molecule has 0 aliphatic rings. The second-order valence-corrected chi connectivity index (χ2v) is 4.38. The van der Waals surface area contributed by atoms with Gasteiger partial charge in [0, 0.05) is 6.61 Å². The van der Waals surface area contributed by atoms with Gasteiger partial charge in [0.1, 0.15) is 12.6 Å². The highest BCUT2D eigenvalue weighted by Crippen LogP contribution is 2.00. The zero-order valence-electron chi connectivity index (χ0n) is 10.7. The molecule has 0 rings (SSSR count). The van der Waals surface area contributed by atoms with E-state index < -0.39 is 6.04 Å². The van der Waals surface area contributed by atoms with Gasteiger partial charge in [0.25, 0.3) is 0 Å². The van der Waals surface area contributed by atoms with E-state index in [1.165, 1.54) is 0 Å². The predicted octanol–water partition coefficient (Wildman–Crippen LogP) is 1.72. The van der Waals surface area contributed by atoms with Crippen molar-refractivity contribution in [3.63, 3.8) is 0 Å². The van der Waals surface area contributed by atoms with Crippen molar-refractivity contribution in [3.05, 3.63) is 0 Å². The van der Waals surface area contributed by atoms with Gasteiger partial charge in [-0.25, -0.2) is 0 Å². The lowest BCUT2D eigenvalue weighted by atomic mass is 10.1. The first-order valence-corrected chi connectivity index (χ1v) is 6.07. The Hall–Kier alpha value is -0.610. The van der Waals surface area contributed by atoms with Gasteiger partial charge >= 0.3 is 5.97 Å². The predicted molar refractivity (Wildman–Crippen MR) is 64.1 cm³/mol. The van der Waals surface area contributed by atoms with Crippen LogP contribution in [0.4, 0.5) is 0 Å². The standard InChI is InChI=1S/C12H25NO3/c1-4-5-6-11(13)12(14)16-8-7-15-9-10(2)3/h10-11H,4-9,13H2,1-3H3/t11-/m0/s1. The summed E-state index contributed by atoms with van der Waals surface area (Å²) in [5.41, 5.74) is 5.65. The smallest absolute Gasteiger partial charge is 0.322 e. The number of carbonyl (C=O) groups excluding carboxylic acids is 1. The molecule has 0 heterocycles. The van der Waals surface area contributed by atoms with Crippen LogP contribution in [0.1, 0.15) is 40.0 Å². The highest BCUT2D eigenvalue weighted by molar-refractivity contribution is 5.75. The van der Waals surface area contributed by atoms with Crippen molar-refractivity contribution in [2.45, 2.75) is 46.1 Å². The van der Waals surface area contributed by atoms with Crippen LogP contribution < -0.4 is 5.73 Å². The van der Waals surface area contributed by atoms with E-state index in [4.69, 9.17) is 15.2 Å². The Morgan fingerprint density at radius 3 is 2.56 bits per heavy atom. The minimum atomic E-state index is -0.481. The fourth-order valence-electron chi connectivity index (χ4n) is 1.17. The number of hydrogen-bond donors (Lipinski definition) is 1. The molecule has 0 fully saturated rings. The molecule has 2 N–H and O–H groups in total. The molecule has 0 spiro atoms. The lowest BCUT2D eigenvalue weighted by molar-refractivity contribution is -0.147. The lowest BCUT2D eigenvalue weighted by Crippen LogP contribution is -2.32. The van der Waals surface area contributed by atoms with E-state index in [-0.39, 0.29) is 5.97 Å². The Bertz CT molecular complexity index is 183. The van der Waals surface area contributed by atoms with Gasteiger partial charge in [-0.15, -0.1) is 0 Å². The van der Waals surface area contributed by atoms with E-state index in [1.54, 1.807) is 0 Å². The van der Waals surface area contributed by atoms with Crippen LogP contribution in [0.25, 0.3) is 0 Å². The average Bonchev–Trinajstić information content (AvgIpc) is 2.24. The molecule has 0 aromatic rings. The van der Waals surface area contributed by atoms with Crippen molar-refractivity contribution < 1.29 is 14.3 Å². The Morgan fingerprint density at radius 2 is 2.00 bits per heavy atom. The molecule has 0 unspecified atom stereocenters. The quantitative estimate of drug-likeness (QED) is 0.485. The molecule has 0 aromatic heterocycles. The monoisotopic (exact) mass is 231 g/mol. The molecule has 0 aliphatic carbocycles. The maximum absolute atomic E-state index is 11.3. The van der Waals surface area contributed by atoms with Gasteiger partial charge < -0.3 is 15.2 Å². The number of unbranched alkanes of at least 4 members (excludes halogenated alkanes) is 1. The molecule has 0 aromatic carbocycles. The summed E-state index contributed by atoms with van der Waals surface area (Å²) in [5, 5.41) is 0. The maximum Gasteiger partial charge on any atom is 0.322 e. The Morgan fingerprint density at radius 1 is 1.31 bits per heavy atom. The lowest BCUT2D eigenvalue weighted by Gasteiger charge is -2.11. The Balaban J connectivity index is 3.42. The molecule has 96 valence electrons. The van der Waals surface area contributed by atoms with Gasteiger partial charge in [-0.3, -0.25) is 4.79 Å². The second-order valence-electron chi connectivity index (χ2n) is 4.38. The molecule has 4 heteroatoms. The van der Waals surface area contributed by atoms with Gasteiger partial charge in [0.2, 0.25) is 0 Å². The van der Waals surface area contributed by atoms with E-state index in [0.29, 0.717) is 32.2 Å². The summed E-state index contributed by atoms with van der Waals surface area (Å²) in [6.07, 6.45) is 2.70. The summed E-state index contributed by atoms with van der Waals surface area (Å²) in [6.45, 7) is 7.66. The van der Waals surface area contributed by atoms with Crippen molar-refractivity contribution in [3.8, 4) is 0 Å². The number of esters is 1. The van der Waals surface area contributed by atoms with E-state index in [1.807, 2.05) is 0 Å². The molecule has 16 heavy (non-hydrogen) atoms. The summed E-state index contributed by atoms with van der Waals surface area (Å²) >= 11 is 0. The van der Waals surface area contributed by atoms with Gasteiger partial charge in [0.15, 0.2) is 0 Å². The first-order chi connectivity index (χ1) is 7.57. The maximum atomic E-state index is 11.3. The Labute approximate surface area is 98.5 Å². The van der Waals surface area contributed by atoms with Gasteiger partial charge in [-0.1, -0.05) is 33.6 Å². The second kappa shape index (κ2) is 9.60. The van der Waals surface area contributed by atoms with Crippen molar-refractivity contribution in [1.29, 1.82) is 0 Å². The minimum Gasteiger partial charge on any atom is -0.462 e. The highest BCUT2D eigenvalue weighted by Gasteiger charge is 2.13. The third-order valence-electron chi connectivity index (χ3n) is 2.09. The largest absolute Gasteiger partial charge is 0.462 e. The third-order valence-corrected chi connectivity index (χ3v) is 2.09. The summed E-state index contributed by atoms with van der Waals surface area (Å²) in [4.78, 5) is 11.3. The van der Waals surface area contributed by atoms with Crippen molar-refractivity contribution >= 4 is 5.97 Å². The molecule has 0 saturated carbocycles. The Kier molecular flexibility index (Phi) is 9.24. The van der Waals surface area contributed by atoms with Crippen LogP contribution in [0.2, 0.25) is 0 Å². The molecule has 0 bridgehead atoms. The van der Waals surface area contributed by atoms with Crippen molar-refractivity contribution in [2.24, 2.45) is 11.7 Å². The molecule has 0 amide bonds. The first kappa shape index (κ1) is 15.4. The molecular weight excluding hydrogens is 206 g/mol.